The van der Waals surface area contributed by atoms with Gasteiger partial charge in [0.15, 0.2) is 5.78 Å². The fraction of sp³-hybridized carbons (Fsp3) is 0.938. The summed E-state index contributed by atoms with van der Waals surface area (Å²) in [4.78, 5) is 12.4. The highest BCUT2D eigenvalue weighted by molar-refractivity contribution is 5.87. The molecule has 0 N–H and O–H groups in total. The molecular formula is C16H25F3O5. The van der Waals surface area contributed by atoms with E-state index in [0.29, 0.717) is 13.0 Å². The lowest BCUT2D eigenvalue weighted by Gasteiger charge is -2.45. The molecule has 8 heteroatoms. The van der Waals surface area contributed by atoms with Crippen LogP contribution in [0.4, 0.5) is 13.2 Å². The van der Waals surface area contributed by atoms with Crippen LogP contribution in [0.2, 0.25) is 0 Å². The minimum Gasteiger partial charge on any atom is -0.373 e. The first-order valence-corrected chi connectivity index (χ1v) is 8.01. The van der Waals surface area contributed by atoms with Gasteiger partial charge in [-0.1, -0.05) is 6.92 Å². The van der Waals surface area contributed by atoms with Gasteiger partial charge in [-0.15, -0.1) is 0 Å². The summed E-state index contributed by atoms with van der Waals surface area (Å²) in [6.45, 7) is 4.52. The summed E-state index contributed by atoms with van der Waals surface area (Å²) >= 11 is 0. The molecule has 2 aliphatic rings. The van der Waals surface area contributed by atoms with Crippen molar-refractivity contribution in [3.05, 3.63) is 0 Å². The number of Topliss-reactive ketones (excluding diaryl/α,β-unsaturated/α-hetero) is 1. The Morgan fingerprint density at radius 1 is 1.29 bits per heavy atom. The number of ether oxygens (including phenoxy) is 4. The van der Waals surface area contributed by atoms with E-state index >= 15 is 0 Å². The molecule has 1 aliphatic heterocycles. The zero-order valence-electron chi connectivity index (χ0n) is 14.4. The normalized spacial score (nSPS) is 34.0. The van der Waals surface area contributed by atoms with E-state index in [0.717, 1.165) is 0 Å². The van der Waals surface area contributed by atoms with Crippen molar-refractivity contribution >= 4 is 5.78 Å². The number of methoxy groups -OCH3 is 1. The van der Waals surface area contributed by atoms with Gasteiger partial charge in [-0.3, -0.25) is 4.79 Å². The molecule has 2 fully saturated rings. The summed E-state index contributed by atoms with van der Waals surface area (Å²) in [5, 5.41) is 0. The first kappa shape index (κ1) is 19.6. The van der Waals surface area contributed by atoms with Gasteiger partial charge in [0.1, 0.15) is 18.3 Å². The summed E-state index contributed by atoms with van der Waals surface area (Å²) in [6.07, 6.45) is -4.40. The summed E-state index contributed by atoms with van der Waals surface area (Å²) in [7, 11) is 1.48. The molecule has 0 aromatic heterocycles. The summed E-state index contributed by atoms with van der Waals surface area (Å²) in [6, 6.07) is 0. The smallest absolute Gasteiger partial charge is 0.373 e. The van der Waals surface area contributed by atoms with E-state index in [1.807, 2.05) is 6.92 Å². The van der Waals surface area contributed by atoms with Crippen LogP contribution in [0, 0.1) is 11.8 Å². The summed E-state index contributed by atoms with van der Waals surface area (Å²) < 4.78 is 57.6. The lowest BCUT2D eigenvalue weighted by atomic mass is 9.65. The van der Waals surface area contributed by atoms with Crippen LogP contribution in [0.1, 0.15) is 27.2 Å². The number of carbonyl (C=O) groups is 1. The summed E-state index contributed by atoms with van der Waals surface area (Å²) in [5.41, 5.74) is -1.25. The Morgan fingerprint density at radius 3 is 2.42 bits per heavy atom. The molecule has 0 aromatic carbocycles. The van der Waals surface area contributed by atoms with E-state index < -0.39 is 30.1 Å². The Morgan fingerprint density at radius 2 is 1.92 bits per heavy atom. The van der Waals surface area contributed by atoms with Crippen molar-refractivity contribution in [1.29, 1.82) is 0 Å². The van der Waals surface area contributed by atoms with Crippen LogP contribution < -0.4 is 0 Å². The van der Waals surface area contributed by atoms with E-state index in [1.165, 1.54) is 7.11 Å². The van der Waals surface area contributed by atoms with Gasteiger partial charge < -0.3 is 18.9 Å². The van der Waals surface area contributed by atoms with Crippen LogP contribution in [-0.4, -0.2) is 62.8 Å². The van der Waals surface area contributed by atoms with Crippen LogP contribution in [-0.2, 0) is 23.7 Å². The number of alkyl halides is 3. The van der Waals surface area contributed by atoms with Gasteiger partial charge in [0.25, 0.3) is 0 Å². The molecule has 1 saturated heterocycles. The van der Waals surface area contributed by atoms with E-state index in [1.54, 1.807) is 13.8 Å². The molecular weight excluding hydrogens is 329 g/mol. The number of carbonyl (C=O) groups excluding carboxylic acids is 1. The second-order valence-corrected chi connectivity index (χ2v) is 7.11. The molecule has 0 unspecified atom stereocenters. The summed E-state index contributed by atoms with van der Waals surface area (Å²) in [5.74, 6) is -0.463. The Kier molecular flexibility index (Phi) is 5.64. The van der Waals surface area contributed by atoms with Gasteiger partial charge in [-0.25, -0.2) is 0 Å². The Balaban J connectivity index is 1.97. The molecule has 1 aliphatic carbocycles. The average Bonchev–Trinajstić information content (AvgIpc) is 3.20. The molecule has 0 amide bonds. The fourth-order valence-corrected chi connectivity index (χ4v) is 3.75. The third-order valence-electron chi connectivity index (χ3n) is 4.77. The van der Waals surface area contributed by atoms with Crippen molar-refractivity contribution in [2.24, 2.45) is 11.8 Å². The Bertz CT molecular complexity index is 459. The largest absolute Gasteiger partial charge is 0.411 e. The quantitative estimate of drug-likeness (QED) is 0.519. The number of hydrogen-bond donors (Lipinski definition) is 0. The average molecular weight is 354 g/mol. The second kappa shape index (κ2) is 6.90. The molecule has 2 rings (SSSR count). The predicted octanol–water partition coefficient (Wildman–Crippen LogP) is 2.37. The van der Waals surface area contributed by atoms with Crippen molar-refractivity contribution in [2.75, 3.05) is 33.5 Å². The second-order valence-electron chi connectivity index (χ2n) is 7.11. The van der Waals surface area contributed by atoms with Crippen molar-refractivity contribution < 1.29 is 36.9 Å². The van der Waals surface area contributed by atoms with Gasteiger partial charge in [-0.2, -0.15) is 13.2 Å². The van der Waals surface area contributed by atoms with Crippen molar-refractivity contribution in [1.82, 2.24) is 0 Å². The highest BCUT2D eigenvalue weighted by Crippen LogP contribution is 2.52. The van der Waals surface area contributed by atoms with Crippen molar-refractivity contribution in [2.45, 2.75) is 50.7 Å². The highest BCUT2D eigenvalue weighted by atomic mass is 19.4. The molecule has 24 heavy (non-hydrogen) atoms. The van der Waals surface area contributed by atoms with Crippen LogP contribution in [0.15, 0.2) is 0 Å². The molecule has 1 heterocycles. The number of halogens is 3. The zero-order valence-corrected chi connectivity index (χ0v) is 14.4. The van der Waals surface area contributed by atoms with E-state index in [2.05, 4.69) is 4.74 Å². The molecule has 1 spiro atoms. The monoisotopic (exact) mass is 354 g/mol. The maximum atomic E-state index is 12.4. The zero-order chi connectivity index (χ0) is 18.2. The van der Waals surface area contributed by atoms with Crippen molar-refractivity contribution in [3.63, 3.8) is 0 Å². The standard InChI is InChI=1S/C16H25F3O5/c1-10-7-15(8-24-15)13(12(21-4)11(10)20)14(2,3)23-6-5-22-9-16(17,18)19/h10,12-13H,5-9H2,1-4H3/t10-,12-,13-,15+/m1/s1. The predicted molar refractivity (Wildman–Crippen MR) is 78.7 cm³/mol. The fourth-order valence-electron chi connectivity index (χ4n) is 3.75. The third-order valence-corrected chi connectivity index (χ3v) is 4.77. The molecule has 0 bridgehead atoms. The molecule has 4 atom stereocenters. The molecule has 5 nitrogen and oxygen atoms in total. The maximum absolute atomic E-state index is 12.4. The van der Waals surface area contributed by atoms with Gasteiger partial charge in [-0.05, 0) is 20.3 Å². The van der Waals surface area contributed by atoms with E-state index in [-0.39, 0.29) is 30.8 Å². The van der Waals surface area contributed by atoms with Crippen molar-refractivity contribution in [3.8, 4) is 0 Å². The molecule has 1 saturated carbocycles. The topological polar surface area (TPSA) is 57.3 Å². The van der Waals surface area contributed by atoms with Crippen LogP contribution in [0.25, 0.3) is 0 Å². The number of ketones is 1. The number of rotatable bonds is 7. The first-order chi connectivity index (χ1) is 11.0. The highest BCUT2D eigenvalue weighted by Gasteiger charge is 2.65. The Labute approximate surface area is 139 Å². The lowest BCUT2D eigenvalue weighted by molar-refractivity contribution is -0.188. The molecule has 140 valence electrons. The number of hydrogen-bond acceptors (Lipinski definition) is 5. The third kappa shape index (κ3) is 4.28. The molecule has 0 aromatic rings. The number of epoxide rings is 1. The maximum Gasteiger partial charge on any atom is 0.411 e. The van der Waals surface area contributed by atoms with Crippen LogP contribution >= 0.6 is 0 Å². The minimum absolute atomic E-state index is 0.00413. The van der Waals surface area contributed by atoms with Crippen LogP contribution in [0.5, 0.6) is 0 Å². The van der Waals surface area contributed by atoms with Gasteiger partial charge in [0.05, 0.1) is 31.3 Å². The van der Waals surface area contributed by atoms with Gasteiger partial charge >= 0.3 is 6.18 Å². The lowest BCUT2D eigenvalue weighted by Crippen LogP contribution is -2.58. The Hall–Kier alpha value is -0.700. The van der Waals surface area contributed by atoms with Gasteiger partial charge in [0, 0.05) is 13.0 Å². The first-order valence-electron chi connectivity index (χ1n) is 8.01. The van der Waals surface area contributed by atoms with E-state index in [9.17, 15) is 18.0 Å². The minimum atomic E-state index is -4.35. The van der Waals surface area contributed by atoms with E-state index in [4.69, 9.17) is 14.2 Å². The molecule has 0 radical (unpaired) electrons. The van der Waals surface area contributed by atoms with Crippen LogP contribution in [0.3, 0.4) is 0 Å². The van der Waals surface area contributed by atoms with Gasteiger partial charge in [0.2, 0.25) is 0 Å². The SMILES string of the molecule is CO[C@@H]1C(=O)[C@H](C)C[C@]2(CO2)[C@H]1C(C)(C)OCCOCC(F)(F)F.